The van der Waals surface area contributed by atoms with Gasteiger partial charge in [-0.25, -0.2) is 8.42 Å². The van der Waals surface area contributed by atoms with Gasteiger partial charge >= 0.3 is 0 Å². The van der Waals surface area contributed by atoms with E-state index >= 15 is 0 Å². The molecule has 1 aromatic heterocycles. The minimum Gasteiger partial charge on any atom is -0.276 e. The highest BCUT2D eigenvalue weighted by Crippen LogP contribution is 2.39. The molecule has 0 bridgehead atoms. The van der Waals surface area contributed by atoms with Crippen LogP contribution >= 0.6 is 0 Å². The van der Waals surface area contributed by atoms with E-state index in [2.05, 4.69) is 30.1 Å². The minimum atomic E-state index is -3.42. The van der Waals surface area contributed by atoms with Gasteiger partial charge in [-0.05, 0) is 30.5 Å². The lowest BCUT2D eigenvalue weighted by Crippen LogP contribution is -2.26. The van der Waals surface area contributed by atoms with Crippen LogP contribution in [0.2, 0.25) is 0 Å². The first-order valence-corrected chi connectivity index (χ1v) is 8.70. The Labute approximate surface area is 124 Å². The highest BCUT2D eigenvalue weighted by Gasteiger charge is 2.37. The fourth-order valence-electron chi connectivity index (χ4n) is 2.81. The lowest BCUT2D eigenvalue weighted by Gasteiger charge is -2.27. The first-order chi connectivity index (χ1) is 9.88. The highest BCUT2D eigenvalue weighted by atomic mass is 32.2. The van der Waals surface area contributed by atoms with Crippen molar-refractivity contribution in [2.45, 2.75) is 30.8 Å². The number of sulfone groups is 1. The quantitative estimate of drug-likeness (QED) is 0.854. The molecule has 1 unspecified atom stereocenters. The average molecular weight is 303 g/mol. The maximum Gasteiger partial charge on any atom is 0.253 e. The molecule has 1 atom stereocenters. The van der Waals surface area contributed by atoms with E-state index in [4.69, 9.17) is 0 Å². The molecule has 0 fully saturated rings. The molecule has 0 amide bonds. The van der Waals surface area contributed by atoms with Gasteiger partial charge in [-0.3, -0.25) is 4.57 Å². The molecule has 2 aromatic rings. The van der Waals surface area contributed by atoms with Gasteiger partial charge in [0, 0.05) is 12.5 Å². The van der Waals surface area contributed by atoms with E-state index in [0.29, 0.717) is 5.82 Å². The smallest absolute Gasteiger partial charge is 0.253 e. The third-order valence-electron chi connectivity index (χ3n) is 4.16. The third-order valence-corrected chi connectivity index (χ3v) is 5.10. The van der Waals surface area contributed by atoms with Gasteiger partial charge in [-0.2, -0.15) is 0 Å². The monoisotopic (exact) mass is 303 g/mol. The van der Waals surface area contributed by atoms with Crippen molar-refractivity contribution >= 4 is 22.1 Å². The molecule has 3 rings (SSSR count). The number of hydrogen-bond donors (Lipinski definition) is 0. The van der Waals surface area contributed by atoms with E-state index in [1.165, 1.54) is 0 Å². The Morgan fingerprint density at radius 2 is 1.95 bits per heavy atom. The molecule has 0 saturated heterocycles. The molecule has 0 saturated carbocycles. The summed E-state index contributed by atoms with van der Waals surface area (Å²) in [4.78, 5) is 0. The lowest BCUT2D eigenvalue weighted by atomic mass is 9.77. The van der Waals surface area contributed by atoms with E-state index in [1.807, 2.05) is 24.3 Å². The molecule has 6 heteroatoms. The van der Waals surface area contributed by atoms with Crippen LogP contribution in [-0.4, -0.2) is 29.4 Å². The topological polar surface area (TPSA) is 64.8 Å². The zero-order valence-corrected chi connectivity index (χ0v) is 13.1. The van der Waals surface area contributed by atoms with E-state index in [-0.39, 0.29) is 10.6 Å². The number of rotatable bonds is 2. The Morgan fingerprint density at radius 3 is 2.62 bits per heavy atom. The fourth-order valence-corrected chi connectivity index (χ4v) is 3.50. The second-order valence-corrected chi connectivity index (χ2v) is 7.45. The molecule has 0 radical (unpaired) electrons. The maximum atomic E-state index is 11.9. The van der Waals surface area contributed by atoms with Crippen molar-refractivity contribution in [3.05, 3.63) is 41.2 Å². The molecular formula is C15H17N3O2S. The fraction of sp³-hybridized carbons (Fsp3) is 0.333. The summed E-state index contributed by atoms with van der Waals surface area (Å²) in [7, 11) is -3.42. The van der Waals surface area contributed by atoms with Crippen LogP contribution < -0.4 is 0 Å². The zero-order valence-electron chi connectivity index (χ0n) is 12.2. The molecule has 2 heterocycles. The SMILES string of the molecule is CCC1(C)c2ccccc2C=Cn2c1nnc2S(C)(=O)=O. The Hall–Kier alpha value is -1.95. The van der Waals surface area contributed by atoms with Gasteiger partial charge in [-0.1, -0.05) is 31.2 Å². The normalized spacial score (nSPS) is 20.7. The van der Waals surface area contributed by atoms with Gasteiger partial charge in [0.2, 0.25) is 9.84 Å². The largest absolute Gasteiger partial charge is 0.276 e. The first-order valence-electron chi connectivity index (χ1n) is 6.81. The second kappa shape index (κ2) is 4.53. The Morgan fingerprint density at radius 1 is 1.24 bits per heavy atom. The number of aromatic nitrogens is 3. The zero-order chi connectivity index (χ0) is 15.3. The molecule has 0 N–H and O–H groups in total. The van der Waals surface area contributed by atoms with Crippen molar-refractivity contribution in [3.63, 3.8) is 0 Å². The van der Waals surface area contributed by atoms with Crippen LogP contribution in [0.1, 0.15) is 37.2 Å². The summed E-state index contributed by atoms with van der Waals surface area (Å²) >= 11 is 0. The molecule has 5 nitrogen and oxygen atoms in total. The predicted octanol–water partition coefficient (Wildman–Crippen LogP) is 2.34. The summed E-state index contributed by atoms with van der Waals surface area (Å²) in [5.74, 6) is 0.659. The summed E-state index contributed by atoms with van der Waals surface area (Å²) < 4.78 is 25.4. The third kappa shape index (κ3) is 2.01. The highest BCUT2D eigenvalue weighted by molar-refractivity contribution is 7.90. The summed E-state index contributed by atoms with van der Waals surface area (Å²) in [6.07, 6.45) is 5.61. The van der Waals surface area contributed by atoms with E-state index in [1.54, 1.807) is 10.8 Å². The summed E-state index contributed by atoms with van der Waals surface area (Å²) in [5, 5.41) is 8.08. The first kappa shape index (κ1) is 14.0. The van der Waals surface area contributed by atoms with E-state index < -0.39 is 9.84 Å². The van der Waals surface area contributed by atoms with Gasteiger partial charge in [0.15, 0.2) is 0 Å². The van der Waals surface area contributed by atoms with Crippen LogP contribution in [0.5, 0.6) is 0 Å². The Kier molecular flexibility index (Phi) is 3.02. The summed E-state index contributed by atoms with van der Waals surface area (Å²) in [5.41, 5.74) is 1.83. The van der Waals surface area contributed by atoms with Crippen molar-refractivity contribution < 1.29 is 8.42 Å². The predicted molar refractivity (Wildman–Crippen MR) is 81.5 cm³/mol. The molecule has 1 aliphatic heterocycles. The van der Waals surface area contributed by atoms with Gasteiger partial charge in [0.05, 0.1) is 5.41 Å². The second-order valence-electron chi connectivity index (χ2n) is 5.54. The van der Waals surface area contributed by atoms with Crippen LogP contribution in [0.25, 0.3) is 12.3 Å². The van der Waals surface area contributed by atoms with Crippen molar-refractivity contribution in [2.75, 3.05) is 6.26 Å². The van der Waals surface area contributed by atoms with Gasteiger partial charge in [0.1, 0.15) is 5.82 Å². The van der Waals surface area contributed by atoms with E-state index in [0.717, 1.165) is 23.8 Å². The molecule has 21 heavy (non-hydrogen) atoms. The van der Waals surface area contributed by atoms with Crippen molar-refractivity contribution in [2.24, 2.45) is 0 Å². The van der Waals surface area contributed by atoms with Crippen LogP contribution in [0.15, 0.2) is 29.4 Å². The van der Waals surface area contributed by atoms with Crippen LogP contribution in [0.4, 0.5) is 0 Å². The molecule has 0 aliphatic carbocycles. The standard InChI is InChI=1S/C15H17N3O2S/c1-4-15(2)12-8-6-5-7-11(12)9-10-18-13(15)16-17-14(18)21(3,19)20/h5-10H,4H2,1-3H3. The Balaban J connectivity index is 2.36. The molecule has 1 aromatic carbocycles. The van der Waals surface area contributed by atoms with Crippen molar-refractivity contribution in [1.29, 1.82) is 0 Å². The van der Waals surface area contributed by atoms with E-state index in [9.17, 15) is 8.42 Å². The average Bonchev–Trinajstić information content (AvgIpc) is 2.84. The molecule has 110 valence electrons. The van der Waals surface area contributed by atoms with Gasteiger partial charge < -0.3 is 0 Å². The summed E-state index contributed by atoms with van der Waals surface area (Å²) in [6, 6.07) is 8.06. The molecule has 1 aliphatic rings. The van der Waals surface area contributed by atoms with Crippen molar-refractivity contribution in [1.82, 2.24) is 14.8 Å². The number of benzene rings is 1. The number of hydrogen-bond acceptors (Lipinski definition) is 4. The van der Waals surface area contributed by atoms with Crippen LogP contribution in [0.3, 0.4) is 0 Å². The maximum absolute atomic E-state index is 11.9. The van der Waals surface area contributed by atoms with Crippen LogP contribution in [0, 0.1) is 0 Å². The lowest BCUT2D eigenvalue weighted by molar-refractivity contribution is 0.504. The van der Waals surface area contributed by atoms with Crippen molar-refractivity contribution in [3.8, 4) is 0 Å². The summed E-state index contributed by atoms with van der Waals surface area (Å²) in [6.45, 7) is 4.15. The number of nitrogens with zero attached hydrogens (tertiary/aromatic N) is 3. The minimum absolute atomic E-state index is 0.0127. The number of fused-ring (bicyclic) bond motifs is 2. The van der Waals surface area contributed by atoms with Gasteiger partial charge in [0.25, 0.3) is 5.16 Å². The van der Waals surface area contributed by atoms with Crippen LogP contribution in [-0.2, 0) is 15.3 Å². The Bertz CT molecular complexity index is 836. The molecule has 0 spiro atoms. The van der Waals surface area contributed by atoms with Gasteiger partial charge in [-0.15, -0.1) is 10.2 Å². The molecular weight excluding hydrogens is 286 g/mol.